The van der Waals surface area contributed by atoms with Crippen LogP contribution in [0.15, 0.2) is 47.4 Å². The largest absolute Gasteiger partial charge is 0.453 e. The van der Waals surface area contributed by atoms with Crippen LogP contribution in [0.1, 0.15) is 5.82 Å². The fourth-order valence-electron chi connectivity index (χ4n) is 2.32. The molecule has 0 unspecified atom stereocenters. The molecule has 0 N–H and O–H groups in total. The smallest absolute Gasteiger partial charge is 0.224 e. The topological polar surface area (TPSA) is 64.8 Å². The Balaban J connectivity index is 2.21. The predicted octanol–water partition coefficient (Wildman–Crippen LogP) is 4.15. The third-order valence-electron chi connectivity index (χ3n) is 3.52. The molecule has 0 radical (unpaired) electrons. The highest BCUT2D eigenvalue weighted by atomic mass is 35.5. The van der Waals surface area contributed by atoms with E-state index in [9.17, 15) is 26.0 Å². The highest BCUT2D eigenvalue weighted by molar-refractivity contribution is 7.90. The van der Waals surface area contributed by atoms with Crippen LogP contribution in [0.5, 0.6) is 0 Å². The second kappa shape index (κ2) is 6.61. The minimum atomic E-state index is -4.82. The molecule has 0 amide bonds. The molecule has 0 saturated heterocycles. The number of rotatable bonds is 3. The second-order valence-corrected chi connectivity index (χ2v) is 7.98. The van der Waals surface area contributed by atoms with Crippen LogP contribution in [-0.4, -0.2) is 29.4 Å². The van der Waals surface area contributed by atoms with Crippen molar-refractivity contribution in [3.8, 4) is 17.1 Å². The maximum absolute atomic E-state index is 14.2. The monoisotopic (exact) mass is 419 g/mol. The van der Waals surface area contributed by atoms with Gasteiger partial charge in [-0.15, -0.1) is 5.10 Å². The summed E-state index contributed by atoms with van der Waals surface area (Å²) in [7, 11) is -3.83. The third-order valence-corrected chi connectivity index (χ3v) is 4.90. The Kier molecular flexibility index (Phi) is 4.73. The van der Waals surface area contributed by atoms with E-state index in [1.54, 1.807) is 0 Å². The summed E-state index contributed by atoms with van der Waals surface area (Å²) in [5.74, 6) is -2.73. The second-order valence-electron chi connectivity index (χ2n) is 5.56. The highest BCUT2D eigenvalue weighted by Gasteiger charge is 2.37. The van der Waals surface area contributed by atoms with E-state index in [-0.39, 0.29) is 17.1 Å². The van der Waals surface area contributed by atoms with Crippen molar-refractivity contribution >= 4 is 21.4 Å². The molecule has 0 aliphatic carbocycles. The summed E-state index contributed by atoms with van der Waals surface area (Å²) in [6, 6.07) is 8.67. The van der Waals surface area contributed by atoms with Crippen LogP contribution in [0.3, 0.4) is 0 Å². The van der Waals surface area contributed by atoms with Crippen LogP contribution in [0.4, 0.5) is 17.6 Å². The molecule has 0 bridgehead atoms. The maximum atomic E-state index is 14.2. The molecule has 142 valence electrons. The van der Waals surface area contributed by atoms with Gasteiger partial charge in [0.05, 0.1) is 5.69 Å². The van der Waals surface area contributed by atoms with Gasteiger partial charge in [-0.25, -0.2) is 22.5 Å². The molecule has 0 aliphatic heterocycles. The minimum Gasteiger partial charge on any atom is -0.224 e. The Labute approximate surface area is 156 Å². The Bertz CT molecular complexity index is 1110. The summed E-state index contributed by atoms with van der Waals surface area (Å²) in [5.41, 5.74) is 0.142. The summed E-state index contributed by atoms with van der Waals surface area (Å²) < 4.78 is 77.2. The Morgan fingerprint density at radius 3 is 2.22 bits per heavy atom. The van der Waals surface area contributed by atoms with Crippen molar-refractivity contribution in [3.63, 3.8) is 0 Å². The summed E-state index contributed by atoms with van der Waals surface area (Å²) in [6.45, 7) is 0. The summed E-state index contributed by atoms with van der Waals surface area (Å²) >= 11 is 5.79. The first-order valence-electron chi connectivity index (χ1n) is 7.27. The first-order valence-corrected chi connectivity index (χ1v) is 9.54. The fourth-order valence-corrected chi connectivity index (χ4v) is 3.17. The van der Waals surface area contributed by atoms with Gasteiger partial charge in [0.15, 0.2) is 15.7 Å². The molecule has 27 heavy (non-hydrogen) atoms. The first kappa shape index (κ1) is 19.3. The zero-order chi connectivity index (χ0) is 20.0. The molecule has 1 aromatic heterocycles. The zero-order valence-corrected chi connectivity index (χ0v) is 15.1. The number of sulfone groups is 1. The van der Waals surface area contributed by atoms with E-state index >= 15 is 0 Å². The van der Waals surface area contributed by atoms with Gasteiger partial charge in [0.2, 0.25) is 0 Å². The lowest BCUT2D eigenvalue weighted by molar-refractivity contribution is -0.144. The maximum Gasteiger partial charge on any atom is 0.453 e. The molecule has 0 fully saturated rings. The number of halogens is 5. The van der Waals surface area contributed by atoms with E-state index in [0.29, 0.717) is 5.02 Å². The quantitative estimate of drug-likeness (QED) is 0.598. The molecule has 1 heterocycles. The Morgan fingerprint density at radius 2 is 1.70 bits per heavy atom. The van der Waals surface area contributed by atoms with Gasteiger partial charge in [-0.1, -0.05) is 11.6 Å². The summed E-state index contributed by atoms with van der Waals surface area (Å²) in [5, 5.41) is 3.78. The minimum absolute atomic E-state index is 0.118. The lowest BCUT2D eigenvalue weighted by Crippen LogP contribution is -2.09. The normalized spacial score (nSPS) is 12.4. The van der Waals surface area contributed by atoms with Crippen LogP contribution in [0.2, 0.25) is 5.02 Å². The van der Waals surface area contributed by atoms with Crippen molar-refractivity contribution in [2.45, 2.75) is 11.1 Å². The van der Waals surface area contributed by atoms with E-state index in [0.717, 1.165) is 29.1 Å². The van der Waals surface area contributed by atoms with Gasteiger partial charge in [0, 0.05) is 22.9 Å². The van der Waals surface area contributed by atoms with Crippen molar-refractivity contribution in [1.82, 2.24) is 14.8 Å². The van der Waals surface area contributed by atoms with Crippen LogP contribution in [-0.2, 0) is 16.0 Å². The van der Waals surface area contributed by atoms with Gasteiger partial charge in [0.1, 0.15) is 10.7 Å². The molecule has 11 heteroatoms. The number of hydrogen-bond donors (Lipinski definition) is 0. The highest BCUT2D eigenvalue weighted by Crippen LogP contribution is 2.31. The van der Waals surface area contributed by atoms with E-state index in [2.05, 4.69) is 10.1 Å². The average Bonchev–Trinajstić information content (AvgIpc) is 2.99. The lowest BCUT2D eigenvalue weighted by Gasteiger charge is -2.08. The van der Waals surface area contributed by atoms with E-state index in [1.165, 1.54) is 24.3 Å². The van der Waals surface area contributed by atoms with Crippen molar-refractivity contribution in [2.24, 2.45) is 0 Å². The van der Waals surface area contributed by atoms with Gasteiger partial charge >= 0.3 is 6.18 Å². The summed E-state index contributed by atoms with van der Waals surface area (Å²) in [4.78, 5) is 2.93. The number of hydrogen-bond acceptors (Lipinski definition) is 4. The Morgan fingerprint density at radius 1 is 1.07 bits per heavy atom. The molecule has 2 aromatic carbocycles. The fraction of sp³-hybridized carbons (Fsp3) is 0.125. The molecule has 0 spiro atoms. The van der Waals surface area contributed by atoms with Crippen LogP contribution < -0.4 is 0 Å². The van der Waals surface area contributed by atoms with Gasteiger partial charge < -0.3 is 0 Å². The van der Waals surface area contributed by atoms with Crippen LogP contribution in [0.25, 0.3) is 17.1 Å². The molecule has 3 rings (SSSR count). The van der Waals surface area contributed by atoms with E-state index in [4.69, 9.17) is 11.6 Å². The average molecular weight is 420 g/mol. The molecule has 5 nitrogen and oxygen atoms in total. The lowest BCUT2D eigenvalue weighted by atomic mass is 10.2. The number of nitrogens with zero attached hydrogens (tertiary/aromatic N) is 3. The number of aromatic nitrogens is 3. The Hall–Kier alpha value is -2.46. The predicted molar refractivity (Wildman–Crippen MR) is 89.9 cm³/mol. The standard InChI is InChI=1S/C16H10ClF4N3O2S/c1-27(25,26)13-7-6-11(8-12(13)18)24-14(9-2-4-10(17)5-3-9)22-15(23-24)16(19,20)21/h2-8H,1H3. The molecule has 0 saturated carbocycles. The van der Waals surface area contributed by atoms with Crippen LogP contribution in [0, 0.1) is 5.82 Å². The number of alkyl halides is 3. The number of benzene rings is 2. The van der Waals surface area contributed by atoms with E-state index in [1.807, 2.05) is 0 Å². The molecular weight excluding hydrogens is 410 g/mol. The van der Waals surface area contributed by atoms with E-state index < -0.39 is 32.6 Å². The van der Waals surface area contributed by atoms with Gasteiger partial charge in [-0.2, -0.15) is 13.2 Å². The first-order chi connectivity index (χ1) is 12.5. The molecule has 0 aliphatic rings. The summed E-state index contributed by atoms with van der Waals surface area (Å²) in [6.07, 6.45) is -4.00. The van der Waals surface area contributed by atoms with Gasteiger partial charge in [0.25, 0.3) is 5.82 Å². The third kappa shape index (κ3) is 3.96. The molecule has 3 aromatic rings. The molecule has 0 atom stereocenters. The van der Waals surface area contributed by atoms with Crippen molar-refractivity contribution in [3.05, 3.63) is 59.1 Å². The van der Waals surface area contributed by atoms with Crippen LogP contribution >= 0.6 is 11.6 Å². The van der Waals surface area contributed by atoms with Crippen molar-refractivity contribution < 1.29 is 26.0 Å². The van der Waals surface area contributed by atoms with Gasteiger partial charge in [-0.05, 0) is 36.4 Å². The SMILES string of the molecule is CS(=O)(=O)c1ccc(-n2nc(C(F)(F)F)nc2-c2ccc(Cl)cc2)cc1F. The zero-order valence-electron chi connectivity index (χ0n) is 13.5. The molecular formula is C16H10ClF4N3O2S. The van der Waals surface area contributed by atoms with Crippen molar-refractivity contribution in [1.29, 1.82) is 0 Å². The van der Waals surface area contributed by atoms with Crippen molar-refractivity contribution in [2.75, 3.05) is 6.26 Å². The van der Waals surface area contributed by atoms with Gasteiger partial charge in [-0.3, -0.25) is 0 Å².